The zero-order valence-corrected chi connectivity index (χ0v) is 8.48. The molecule has 0 aliphatic carbocycles. The molecule has 5 heteroatoms. The normalized spacial score (nSPS) is 9.79. The summed E-state index contributed by atoms with van der Waals surface area (Å²) in [5.41, 5.74) is 6.95. The van der Waals surface area contributed by atoms with Gasteiger partial charge in [0, 0.05) is 6.54 Å². The van der Waals surface area contributed by atoms with Gasteiger partial charge in [-0.1, -0.05) is 12.1 Å². The standard InChI is InChI=1S/C9H11F2NO.ClH/c1-6-4-7(5-12)2-3-8(6)13-9(10)11;/h2-4,9H,5,12H2,1H3;1H. The number of alkyl halides is 2. The Morgan fingerprint density at radius 1 is 1.43 bits per heavy atom. The predicted molar refractivity (Wildman–Crippen MR) is 53.0 cm³/mol. The zero-order chi connectivity index (χ0) is 9.84. The Bertz CT molecular complexity index is 294. The van der Waals surface area contributed by atoms with Crippen LogP contribution in [0.3, 0.4) is 0 Å². The maximum absolute atomic E-state index is 11.8. The summed E-state index contributed by atoms with van der Waals surface area (Å²) in [6, 6.07) is 4.91. The van der Waals surface area contributed by atoms with Crippen molar-refractivity contribution in [3.63, 3.8) is 0 Å². The summed E-state index contributed by atoms with van der Waals surface area (Å²) in [5, 5.41) is 0. The van der Waals surface area contributed by atoms with Crippen molar-refractivity contribution < 1.29 is 13.5 Å². The van der Waals surface area contributed by atoms with E-state index in [1.54, 1.807) is 19.1 Å². The van der Waals surface area contributed by atoms with E-state index in [0.29, 0.717) is 12.1 Å². The van der Waals surface area contributed by atoms with E-state index in [4.69, 9.17) is 5.73 Å². The van der Waals surface area contributed by atoms with Crippen molar-refractivity contribution in [3.8, 4) is 5.75 Å². The van der Waals surface area contributed by atoms with Crippen LogP contribution in [0, 0.1) is 6.92 Å². The molecule has 0 radical (unpaired) electrons. The molecule has 0 amide bonds. The van der Waals surface area contributed by atoms with E-state index in [1.165, 1.54) is 6.07 Å². The molecule has 2 N–H and O–H groups in total. The minimum atomic E-state index is -2.78. The van der Waals surface area contributed by atoms with Gasteiger partial charge in [-0.15, -0.1) is 12.4 Å². The lowest BCUT2D eigenvalue weighted by Crippen LogP contribution is -2.04. The van der Waals surface area contributed by atoms with Crippen molar-refractivity contribution in [3.05, 3.63) is 29.3 Å². The first kappa shape index (κ1) is 13.1. The highest BCUT2D eigenvalue weighted by molar-refractivity contribution is 5.85. The van der Waals surface area contributed by atoms with Crippen LogP contribution < -0.4 is 10.5 Å². The second-order valence-corrected chi connectivity index (χ2v) is 2.68. The molecular formula is C9H12ClF2NO. The van der Waals surface area contributed by atoms with E-state index in [2.05, 4.69) is 4.74 Å². The van der Waals surface area contributed by atoms with E-state index >= 15 is 0 Å². The molecule has 0 spiro atoms. The molecule has 0 aromatic heterocycles. The molecule has 0 bridgehead atoms. The van der Waals surface area contributed by atoms with Crippen LogP contribution in [-0.4, -0.2) is 6.61 Å². The molecule has 1 aromatic rings. The van der Waals surface area contributed by atoms with Gasteiger partial charge in [0.25, 0.3) is 0 Å². The van der Waals surface area contributed by atoms with Crippen LogP contribution in [0.5, 0.6) is 5.75 Å². The smallest absolute Gasteiger partial charge is 0.387 e. The molecule has 0 heterocycles. The Morgan fingerprint density at radius 2 is 2.07 bits per heavy atom. The molecule has 1 aromatic carbocycles. The molecule has 0 unspecified atom stereocenters. The van der Waals surface area contributed by atoms with Crippen molar-refractivity contribution in [2.45, 2.75) is 20.1 Å². The molecule has 0 aliphatic rings. The van der Waals surface area contributed by atoms with Crippen LogP contribution in [0.4, 0.5) is 8.78 Å². The minimum absolute atomic E-state index is 0. The maximum Gasteiger partial charge on any atom is 0.387 e. The lowest BCUT2D eigenvalue weighted by Gasteiger charge is -2.08. The fraction of sp³-hybridized carbons (Fsp3) is 0.333. The molecule has 0 aliphatic heterocycles. The topological polar surface area (TPSA) is 35.2 Å². The third kappa shape index (κ3) is 3.47. The fourth-order valence-electron chi connectivity index (χ4n) is 1.07. The lowest BCUT2D eigenvalue weighted by molar-refractivity contribution is -0.0503. The summed E-state index contributed by atoms with van der Waals surface area (Å²) in [5.74, 6) is 0.201. The van der Waals surface area contributed by atoms with Crippen LogP contribution >= 0.6 is 12.4 Å². The summed E-state index contributed by atoms with van der Waals surface area (Å²) >= 11 is 0. The summed E-state index contributed by atoms with van der Waals surface area (Å²) in [6.45, 7) is -0.672. The number of nitrogens with two attached hydrogens (primary N) is 1. The second-order valence-electron chi connectivity index (χ2n) is 2.68. The van der Waals surface area contributed by atoms with Crippen LogP contribution in [0.25, 0.3) is 0 Å². The number of hydrogen-bond acceptors (Lipinski definition) is 2. The molecule has 0 atom stereocenters. The molecule has 0 fully saturated rings. The third-order valence-corrected chi connectivity index (χ3v) is 1.69. The van der Waals surface area contributed by atoms with Gasteiger partial charge in [0.2, 0.25) is 0 Å². The molecule has 80 valence electrons. The number of ether oxygens (including phenoxy) is 1. The summed E-state index contributed by atoms with van der Waals surface area (Å²) in [6.07, 6.45) is 0. The molecule has 2 nitrogen and oxygen atoms in total. The average molecular weight is 224 g/mol. The fourth-order valence-corrected chi connectivity index (χ4v) is 1.07. The molecule has 1 rings (SSSR count). The van der Waals surface area contributed by atoms with E-state index in [1.807, 2.05) is 0 Å². The largest absolute Gasteiger partial charge is 0.435 e. The third-order valence-electron chi connectivity index (χ3n) is 1.69. The van der Waals surface area contributed by atoms with Crippen molar-refractivity contribution in [1.82, 2.24) is 0 Å². The second kappa shape index (κ2) is 5.78. The lowest BCUT2D eigenvalue weighted by atomic mass is 10.1. The highest BCUT2D eigenvalue weighted by Gasteiger charge is 2.06. The monoisotopic (exact) mass is 223 g/mol. The van der Waals surface area contributed by atoms with E-state index < -0.39 is 6.61 Å². The minimum Gasteiger partial charge on any atom is -0.435 e. The molecule has 0 saturated carbocycles. The Hall–Kier alpha value is -0.870. The van der Waals surface area contributed by atoms with E-state index in [0.717, 1.165) is 5.56 Å². The molecule has 14 heavy (non-hydrogen) atoms. The van der Waals surface area contributed by atoms with E-state index in [-0.39, 0.29) is 18.2 Å². The van der Waals surface area contributed by atoms with Crippen LogP contribution in [0.15, 0.2) is 18.2 Å². The van der Waals surface area contributed by atoms with Gasteiger partial charge in [0.15, 0.2) is 0 Å². The SMILES string of the molecule is Cc1cc(CN)ccc1OC(F)F.Cl. The van der Waals surface area contributed by atoms with Gasteiger partial charge in [0.05, 0.1) is 0 Å². The Balaban J connectivity index is 0.00000169. The van der Waals surface area contributed by atoms with Gasteiger partial charge in [0.1, 0.15) is 5.75 Å². The summed E-state index contributed by atoms with van der Waals surface area (Å²) < 4.78 is 27.9. The molecule has 0 saturated heterocycles. The van der Waals surface area contributed by atoms with Gasteiger partial charge in [-0.05, 0) is 24.1 Å². The molecular weight excluding hydrogens is 212 g/mol. The first-order valence-electron chi connectivity index (χ1n) is 3.88. The Kier molecular flexibility index (Phi) is 5.42. The number of hydrogen-bond donors (Lipinski definition) is 1. The Labute approximate surface area is 87.5 Å². The van der Waals surface area contributed by atoms with Crippen molar-refractivity contribution in [1.29, 1.82) is 0 Å². The Morgan fingerprint density at radius 3 is 2.50 bits per heavy atom. The zero-order valence-electron chi connectivity index (χ0n) is 7.67. The number of halogens is 3. The highest BCUT2D eigenvalue weighted by Crippen LogP contribution is 2.20. The van der Waals surface area contributed by atoms with Gasteiger partial charge in [-0.25, -0.2) is 0 Å². The van der Waals surface area contributed by atoms with Gasteiger partial charge in [-0.3, -0.25) is 0 Å². The first-order chi connectivity index (χ1) is 6.13. The van der Waals surface area contributed by atoms with E-state index in [9.17, 15) is 8.78 Å². The van der Waals surface area contributed by atoms with Crippen LogP contribution in [-0.2, 0) is 6.54 Å². The first-order valence-corrected chi connectivity index (χ1v) is 3.88. The van der Waals surface area contributed by atoms with Crippen molar-refractivity contribution in [2.75, 3.05) is 0 Å². The number of rotatable bonds is 3. The maximum atomic E-state index is 11.8. The summed E-state index contributed by atoms with van der Waals surface area (Å²) in [4.78, 5) is 0. The van der Waals surface area contributed by atoms with Gasteiger partial charge >= 0.3 is 6.61 Å². The van der Waals surface area contributed by atoms with Crippen molar-refractivity contribution >= 4 is 12.4 Å². The van der Waals surface area contributed by atoms with Gasteiger partial charge < -0.3 is 10.5 Å². The summed E-state index contributed by atoms with van der Waals surface area (Å²) in [7, 11) is 0. The number of aryl methyl sites for hydroxylation is 1. The van der Waals surface area contributed by atoms with Crippen molar-refractivity contribution in [2.24, 2.45) is 5.73 Å². The average Bonchev–Trinajstić information content (AvgIpc) is 2.08. The highest BCUT2D eigenvalue weighted by atomic mass is 35.5. The quantitative estimate of drug-likeness (QED) is 0.855. The predicted octanol–water partition coefficient (Wildman–Crippen LogP) is 2.48. The van der Waals surface area contributed by atoms with Gasteiger partial charge in [-0.2, -0.15) is 8.78 Å². The van der Waals surface area contributed by atoms with Crippen LogP contribution in [0.1, 0.15) is 11.1 Å². The van der Waals surface area contributed by atoms with Crippen LogP contribution in [0.2, 0.25) is 0 Å². The number of benzene rings is 1.